The number of halogens is 2. The van der Waals surface area contributed by atoms with Crippen LogP contribution in [0.15, 0.2) is 21.1 Å². The van der Waals surface area contributed by atoms with E-state index in [1.54, 1.807) is 0 Å². The summed E-state index contributed by atoms with van der Waals surface area (Å²) in [4.78, 5) is 0. The topological polar surface area (TPSA) is 21.3 Å². The van der Waals surface area contributed by atoms with Crippen molar-refractivity contribution < 1.29 is 4.74 Å². The monoisotopic (exact) mass is 419 g/mol. The maximum atomic E-state index is 5.91. The Balaban J connectivity index is 2.47. The average molecular weight is 421 g/mol. The summed E-state index contributed by atoms with van der Waals surface area (Å²) in [6, 6.07) is 4.75. The largest absolute Gasteiger partial charge is 0.491 e. The van der Waals surface area contributed by atoms with Crippen LogP contribution >= 0.6 is 31.9 Å². The molecule has 0 bridgehead atoms. The highest BCUT2D eigenvalue weighted by Gasteiger charge is 2.09. The molecule has 1 N–H and O–H groups in total. The van der Waals surface area contributed by atoms with Gasteiger partial charge in [0.25, 0.3) is 0 Å². The molecule has 1 aromatic rings. The summed E-state index contributed by atoms with van der Waals surface area (Å²) in [7, 11) is 0. The van der Waals surface area contributed by atoms with Crippen LogP contribution in [0, 0.1) is 0 Å². The Labute approximate surface area is 146 Å². The number of rotatable bonds is 10. The highest BCUT2D eigenvalue weighted by molar-refractivity contribution is 9.11. The lowest BCUT2D eigenvalue weighted by atomic mass is 10.2. The van der Waals surface area contributed by atoms with Crippen molar-refractivity contribution in [2.75, 3.05) is 6.61 Å². The lowest BCUT2D eigenvalue weighted by molar-refractivity contribution is 0.301. The van der Waals surface area contributed by atoms with E-state index in [1.807, 2.05) is 0 Å². The number of nitrogens with one attached hydrogen (secondary N) is 1. The van der Waals surface area contributed by atoms with Gasteiger partial charge in [0.2, 0.25) is 0 Å². The summed E-state index contributed by atoms with van der Waals surface area (Å²) in [6.07, 6.45) is 6.28. The van der Waals surface area contributed by atoms with Gasteiger partial charge in [-0.1, -0.05) is 46.5 Å². The molecular weight excluding hydrogens is 394 g/mol. The maximum Gasteiger partial charge on any atom is 0.147 e. The highest BCUT2D eigenvalue weighted by Crippen LogP contribution is 2.35. The van der Waals surface area contributed by atoms with Crippen LogP contribution < -0.4 is 10.1 Å². The van der Waals surface area contributed by atoms with Gasteiger partial charge in [-0.2, -0.15) is 0 Å². The van der Waals surface area contributed by atoms with Gasteiger partial charge in [-0.25, -0.2) is 0 Å². The molecule has 0 amide bonds. The molecule has 1 aromatic carbocycles. The Morgan fingerprint density at radius 2 is 1.67 bits per heavy atom. The van der Waals surface area contributed by atoms with Crippen LogP contribution in [0.3, 0.4) is 0 Å². The summed E-state index contributed by atoms with van der Waals surface area (Å²) in [5.74, 6) is 0.916. The van der Waals surface area contributed by atoms with Crippen molar-refractivity contribution in [1.29, 1.82) is 0 Å². The molecule has 0 saturated carbocycles. The van der Waals surface area contributed by atoms with Gasteiger partial charge in [0.1, 0.15) is 5.75 Å². The molecule has 0 fully saturated rings. The summed E-state index contributed by atoms with van der Waals surface area (Å²) in [5.41, 5.74) is 1.25. The van der Waals surface area contributed by atoms with Gasteiger partial charge < -0.3 is 10.1 Å². The second-order valence-electron chi connectivity index (χ2n) is 5.69. The molecule has 0 saturated heterocycles. The Morgan fingerprint density at radius 1 is 1.05 bits per heavy atom. The summed E-state index contributed by atoms with van der Waals surface area (Å²) in [6.45, 7) is 8.19. The highest BCUT2D eigenvalue weighted by atomic mass is 79.9. The summed E-state index contributed by atoms with van der Waals surface area (Å²) >= 11 is 7.23. The quantitative estimate of drug-likeness (QED) is 0.464. The van der Waals surface area contributed by atoms with Gasteiger partial charge in [-0.05, 0) is 56.0 Å². The first-order valence-corrected chi connectivity index (χ1v) is 9.47. The lowest BCUT2D eigenvalue weighted by Crippen LogP contribution is -2.21. The second kappa shape index (κ2) is 10.6. The molecule has 0 unspecified atom stereocenters. The van der Waals surface area contributed by atoms with Gasteiger partial charge in [-0.15, -0.1) is 0 Å². The zero-order valence-corrected chi connectivity index (χ0v) is 16.5. The van der Waals surface area contributed by atoms with E-state index in [4.69, 9.17) is 4.74 Å². The van der Waals surface area contributed by atoms with Gasteiger partial charge >= 0.3 is 0 Å². The zero-order chi connectivity index (χ0) is 15.7. The van der Waals surface area contributed by atoms with Crippen LogP contribution in [0.25, 0.3) is 0 Å². The molecule has 0 radical (unpaired) electrons. The Morgan fingerprint density at radius 3 is 2.24 bits per heavy atom. The zero-order valence-electron chi connectivity index (χ0n) is 13.3. The van der Waals surface area contributed by atoms with E-state index in [9.17, 15) is 0 Å². The first-order valence-electron chi connectivity index (χ1n) is 7.88. The van der Waals surface area contributed by atoms with E-state index in [2.05, 4.69) is 70.1 Å². The predicted molar refractivity (Wildman–Crippen MR) is 98.1 cm³/mol. The Bertz CT molecular complexity index is 398. The van der Waals surface area contributed by atoms with E-state index in [0.717, 1.165) is 34.3 Å². The van der Waals surface area contributed by atoms with Gasteiger partial charge in [0, 0.05) is 12.6 Å². The van der Waals surface area contributed by atoms with Crippen molar-refractivity contribution >= 4 is 31.9 Å². The molecule has 0 atom stereocenters. The van der Waals surface area contributed by atoms with E-state index in [1.165, 1.54) is 31.2 Å². The second-order valence-corrected chi connectivity index (χ2v) is 7.40. The minimum Gasteiger partial charge on any atom is -0.491 e. The Hall–Kier alpha value is -0.0600. The van der Waals surface area contributed by atoms with E-state index in [-0.39, 0.29) is 0 Å². The smallest absolute Gasteiger partial charge is 0.147 e. The summed E-state index contributed by atoms with van der Waals surface area (Å²) < 4.78 is 7.95. The van der Waals surface area contributed by atoms with E-state index < -0.39 is 0 Å². The minimum atomic E-state index is 0.488. The van der Waals surface area contributed by atoms with Crippen LogP contribution in [0.2, 0.25) is 0 Å². The standard InChI is InChI=1S/C17H27Br2NO/c1-4-5-6-7-8-9-21-17-15(18)10-14(11-16(17)19)12-20-13(2)3/h10-11,13,20H,4-9,12H2,1-3H3. The summed E-state index contributed by atoms with van der Waals surface area (Å²) in [5, 5.41) is 3.43. The Kier molecular flexibility index (Phi) is 9.61. The molecule has 4 heteroatoms. The fourth-order valence-electron chi connectivity index (χ4n) is 2.05. The number of ether oxygens (including phenoxy) is 1. The van der Waals surface area contributed by atoms with E-state index >= 15 is 0 Å². The first kappa shape index (κ1) is 19.0. The van der Waals surface area contributed by atoms with Gasteiger partial charge in [0.05, 0.1) is 15.6 Å². The molecule has 21 heavy (non-hydrogen) atoms. The molecule has 0 aliphatic carbocycles. The van der Waals surface area contributed by atoms with Crippen molar-refractivity contribution in [2.45, 2.75) is 65.5 Å². The van der Waals surface area contributed by atoms with Crippen molar-refractivity contribution in [2.24, 2.45) is 0 Å². The average Bonchev–Trinajstić information content (AvgIpc) is 2.42. The van der Waals surface area contributed by atoms with Crippen molar-refractivity contribution in [1.82, 2.24) is 5.32 Å². The van der Waals surface area contributed by atoms with Crippen LogP contribution in [0.4, 0.5) is 0 Å². The fourth-order valence-corrected chi connectivity index (χ4v) is 3.56. The number of unbranched alkanes of at least 4 members (excludes halogenated alkanes) is 4. The van der Waals surface area contributed by atoms with Crippen molar-refractivity contribution in [3.63, 3.8) is 0 Å². The molecule has 0 heterocycles. The first-order chi connectivity index (χ1) is 10.0. The molecule has 0 aliphatic heterocycles. The third-order valence-corrected chi connectivity index (χ3v) is 4.44. The lowest BCUT2D eigenvalue weighted by Gasteiger charge is -2.13. The minimum absolute atomic E-state index is 0.488. The third-order valence-electron chi connectivity index (χ3n) is 3.27. The van der Waals surface area contributed by atoms with Gasteiger partial charge in [-0.3, -0.25) is 0 Å². The fraction of sp³-hybridized carbons (Fsp3) is 0.647. The SMILES string of the molecule is CCCCCCCOc1c(Br)cc(CNC(C)C)cc1Br. The van der Waals surface area contributed by atoms with Crippen molar-refractivity contribution in [3.05, 3.63) is 26.6 Å². The number of benzene rings is 1. The molecule has 120 valence electrons. The van der Waals surface area contributed by atoms with Crippen LogP contribution in [0.1, 0.15) is 58.4 Å². The maximum absolute atomic E-state index is 5.91. The molecule has 0 aromatic heterocycles. The number of hydrogen-bond acceptors (Lipinski definition) is 2. The van der Waals surface area contributed by atoms with Crippen LogP contribution in [0.5, 0.6) is 5.75 Å². The molecule has 1 rings (SSSR count). The molecular formula is C17H27Br2NO. The molecule has 0 aliphatic rings. The molecule has 0 spiro atoms. The van der Waals surface area contributed by atoms with Crippen LogP contribution in [-0.2, 0) is 6.54 Å². The third kappa shape index (κ3) is 7.66. The normalized spacial score (nSPS) is 11.1. The van der Waals surface area contributed by atoms with Crippen LogP contribution in [-0.4, -0.2) is 12.6 Å². The van der Waals surface area contributed by atoms with Gasteiger partial charge in [0.15, 0.2) is 0 Å². The van der Waals surface area contributed by atoms with E-state index in [0.29, 0.717) is 6.04 Å². The molecule has 2 nitrogen and oxygen atoms in total. The number of hydrogen-bond donors (Lipinski definition) is 1. The van der Waals surface area contributed by atoms with Crippen molar-refractivity contribution in [3.8, 4) is 5.75 Å². The predicted octanol–water partition coefficient (Wildman–Crippen LogP) is 6.06.